The number of nitrogens with zero attached hydrogens (tertiary/aromatic N) is 1. The van der Waals surface area contributed by atoms with Gasteiger partial charge in [0, 0.05) is 25.3 Å². The molecule has 1 saturated heterocycles. The SMILES string of the molecule is CC1CN(C(=O)c2cccc(CCN)c2)CCCO1. The van der Waals surface area contributed by atoms with Crippen molar-refractivity contribution in [2.45, 2.75) is 25.9 Å². The number of nitrogens with two attached hydrogens (primary N) is 1. The summed E-state index contributed by atoms with van der Waals surface area (Å²) in [6, 6.07) is 7.76. The lowest BCUT2D eigenvalue weighted by Gasteiger charge is -2.22. The van der Waals surface area contributed by atoms with Crippen LogP contribution in [0.3, 0.4) is 0 Å². The van der Waals surface area contributed by atoms with Crippen LogP contribution in [-0.4, -0.2) is 43.2 Å². The molecule has 19 heavy (non-hydrogen) atoms. The van der Waals surface area contributed by atoms with Gasteiger partial charge in [-0.3, -0.25) is 4.79 Å². The quantitative estimate of drug-likeness (QED) is 0.896. The van der Waals surface area contributed by atoms with Crippen LogP contribution < -0.4 is 5.73 Å². The van der Waals surface area contributed by atoms with E-state index in [1.807, 2.05) is 36.1 Å². The van der Waals surface area contributed by atoms with E-state index < -0.39 is 0 Å². The van der Waals surface area contributed by atoms with E-state index in [1.54, 1.807) is 0 Å². The Hall–Kier alpha value is -1.39. The van der Waals surface area contributed by atoms with Crippen molar-refractivity contribution in [3.8, 4) is 0 Å². The number of carbonyl (C=O) groups excluding carboxylic acids is 1. The zero-order valence-corrected chi connectivity index (χ0v) is 11.5. The fourth-order valence-corrected chi connectivity index (χ4v) is 2.39. The van der Waals surface area contributed by atoms with E-state index >= 15 is 0 Å². The number of carbonyl (C=O) groups is 1. The standard InChI is InChI=1S/C15H22N2O2/c1-12-11-17(8-3-9-19-12)15(18)14-5-2-4-13(10-14)6-7-16/h2,4-5,10,12H,3,6-9,11,16H2,1H3. The highest BCUT2D eigenvalue weighted by Gasteiger charge is 2.21. The van der Waals surface area contributed by atoms with Gasteiger partial charge in [0.1, 0.15) is 0 Å². The Morgan fingerprint density at radius 1 is 1.53 bits per heavy atom. The van der Waals surface area contributed by atoms with Gasteiger partial charge < -0.3 is 15.4 Å². The normalized spacial score (nSPS) is 20.1. The van der Waals surface area contributed by atoms with Gasteiger partial charge in [-0.25, -0.2) is 0 Å². The van der Waals surface area contributed by atoms with Crippen molar-refractivity contribution >= 4 is 5.91 Å². The zero-order valence-electron chi connectivity index (χ0n) is 11.5. The molecule has 2 N–H and O–H groups in total. The highest BCUT2D eigenvalue weighted by molar-refractivity contribution is 5.94. The van der Waals surface area contributed by atoms with Gasteiger partial charge >= 0.3 is 0 Å². The minimum absolute atomic E-state index is 0.0937. The van der Waals surface area contributed by atoms with Crippen LogP contribution in [-0.2, 0) is 11.2 Å². The summed E-state index contributed by atoms with van der Waals surface area (Å²) in [5.41, 5.74) is 7.42. The van der Waals surface area contributed by atoms with E-state index in [9.17, 15) is 4.79 Å². The third kappa shape index (κ3) is 3.78. The van der Waals surface area contributed by atoms with E-state index in [0.29, 0.717) is 13.1 Å². The predicted octanol–water partition coefficient (Wildman–Crippen LogP) is 1.44. The van der Waals surface area contributed by atoms with Crippen molar-refractivity contribution in [3.05, 3.63) is 35.4 Å². The van der Waals surface area contributed by atoms with E-state index in [1.165, 1.54) is 0 Å². The van der Waals surface area contributed by atoms with Crippen molar-refractivity contribution in [1.82, 2.24) is 4.90 Å². The van der Waals surface area contributed by atoms with E-state index in [4.69, 9.17) is 10.5 Å². The Morgan fingerprint density at radius 2 is 2.37 bits per heavy atom. The molecule has 1 atom stereocenters. The molecule has 1 unspecified atom stereocenters. The second-order valence-corrected chi connectivity index (χ2v) is 5.03. The van der Waals surface area contributed by atoms with E-state index in [2.05, 4.69) is 0 Å². The Kier molecular flexibility index (Phi) is 4.93. The third-order valence-corrected chi connectivity index (χ3v) is 3.35. The highest BCUT2D eigenvalue weighted by atomic mass is 16.5. The van der Waals surface area contributed by atoms with Gasteiger partial charge in [0.05, 0.1) is 6.10 Å². The van der Waals surface area contributed by atoms with Gasteiger partial charge in [-0.05, 0) is 44.0 Å². The first kappa shape index (κ1) is 14.0. The number of hydrogen-bond acceptors (Lipinski definition) is 3. The molecule has 1 aliphatic heterocycles. The summed E-state index contributed by atoms with van der Waals surface area (Å²) >= 11 is 0. The lowest BCUT2D eigenvalue weighted by molar-refractivity contribution is 0.0562. The van der Waals surface area contributed by atoms with Gasteiger partial charge in [-0.2, -0.15) is 0 Å². The first-order valence-electron chi connectivity index (χ1n) is 6.90. The molecule has 0 aromatic heterocycles. The number of ether oxygens (including phenoxy) is 1. The summed E-state index contributed by atoms with van der Waals surface area (Å²) in [5.74, 6) is 0.0937. The van der Waals surface area contributed by atoms with Gasteiger partial charge in [0.2, 0.25) is 0 Å². The largest absolute Gasteiger partial charge is 0.377 e. The average Bonchev–Trinajstić information content (AvgIpc) is 2.63. The molecule has 1 heterocycles. The summed E-state index contributed by atoms with van der Waals surface area (Å²) in [6.07, 6.45) is 1.82. The molecule has 1 aliphatic rings. The van der Waals surface area contributed by atoms with Crippen molar-refractivity contribution in [2.75, 3.05) is 26.2 Å². The van der Waals surface area contributed by atoms with Crippen molar-refractivity contribution < 1.29 is 9.53 Å². The predicted molar refractivity (Wildman–Crippen MR) is 75.1 cm³/mol. The molecule has 0 aliphatic carbocycles. The molecular formula is C15H22N2O2. The molecule has 1 amide bonds. The lowest BCUT2D eigenvalue weighted by atomic mass is 10.1. The van der Waals surface area contributed by atoms with E-state index in [-0.39, 0.29) is 12.0 Å². The second kappa shape index (κ2) is 6.68. The lowest BCUT2D eigenvalue weighted by Crippen LogP contribution is -2.35. The van der Waals surface area contributed by atoms with Crippen LogP contribution in [0.2, 0.25) is 0 Å². The van der Waals surface area contributed by atoms with Crippen molar-refractivity contribution in [1.29, 1.82) is 0 Å². The van der Waals surface area contributed by atoms with Crippen LogP contribution in [0.5, 0.6) is 0 Å². The Morgan fingerprint density at radius 3 is 3.16 bits per heavy atom. The number of rotatable bonds is 3. The molecule has 1 aromatic carbocycles. The van der Waals surface area contributed by atoms with Gasteiger partial charge in [0.25, 0.3) is 5.91 Å². The molecule has 104 valence electrons. The third-order valence-electron chi connectivity index (χ3n) is 3.35. The molecule has 1 aromatic rings. The van der Waals surface area contributed by atoms with Crippen LogP contribution in [0.25, 0.3) is 0 Å². The topological polar surface area (TPSA) is 55.6 Å². The number of hydrogen-bond donors (Lipinski definition) is 1. The summed E-state index contributed by atoms with van der Waals surface area (Å²) in [7, 11) is 0. The summed E-state index contributed by atoms with van der Waals surface area (Å²) in [6.45, 7) is 4.78. The highest BCUT2D eigenvalue weighted by Crippen LogP contribution is 2.12. The molecule has 0 saturated carbocycles. The van der Waals surface area contributed by atoms with E-state index in [0.717, 1.165) is 37.1 Å². The Bertz CT molecular complexity index is 434. The Balaban J connectivity index is 2.11. The first-order chi connectivity index (χ1) is 9.20. The molecule has 4 nitrogen and oxygen atoms in total. The molecule has 1 fully saturated rings. The van der Waals surface area contributed by atoms with Gasteiger partial charge in [0.15, 0.2) is 0 Å². The van der Waals surface area contributed by atoms with Crippen LogP contribution >= 0.6 is 0 Å². The van der Waals surface area contributed by atoms with Crippen LogP contribution in [0.1, 0.15) is 29.3 Å². The van der Waals surface area contributed by atoms with Crippen molar-refractivity contribution in [2.24, 2.45) is 5.73 Å². The maximum absolute atomic E-state index is 12.5. The molecular weight excluding hydrogens is 240 g/mol. The minimum atomic E-state index is 0.0937. The van der Waals surface area contributed by atoms with Crippen LogP contribution in [0.4, 0.5) is 0 Å². The van der Waals surface area contributed by atoms with Crippen LogP contribution in [0.15, 0.2) is 24.3 Å². The average molecular weight is 262 g/mol. The zero-order chi connectivity index (χ0) is 13.7. The molecule has 0 bridgehead atoms. The van der Waals surface area contributed by atoms with Crippen LogP contribution in [0, 0.1) is 0 Å². The molecule has 4 heteroatoms. The molecule has 0 spiro atoms. The smallest absolute Gasteiger partial charge is 0.253 e. The first-order valence-corrected chi connectivity index (χ1v) is 6.90. The summed E-state index contributed by atoms with van der Waals surface area (Å²) in [5, 5.41) is 0. The Labute approximate surface area is 114 Å². The number of benzene rings is 1. The maximum Gasteiger partial charge on any atom is 0.253 e. The second-order valence-electron chi connectivity index (χ2n) is 5.03. The summed E-state index contributed by atoms with van der Waals surface area (Å²) < 4.78 is 5.57. The van der Waals surface area contributed by atoms with Gasteiger partial charge in [-0.1, -0.05) is 12.1 Å². The minimum Gasteiger partial charge on any atom is -0.377 e. The number of amides is 1. The molecule has 2 rings (SSSR count). The van der Waals surface area contributed by atoms with Gasteiger partial charge in [-0.15, -0.1) is 0 Å². The van der Waals surface area contributed by atoms with Crippen molar-refractivity contribution in [3.63, 3.8) is 0 Å². The fraction of sp³-hybridized carbons (Fsp3) is 0.533. The monoisotopic (exact) mass is 262 g/mol. The maximum atomic E-state index is 12.5. The molecule has 0 radical (unpaired) electrons. The fourth-order valence-electron chi connectivity index (χ4n) is 2.39. The summed E-state index contributed by atoms with van der Waals surface area (Å²) in [4.78, 5) is 14.4.